The third kappa shape index (κ3) is 4.41. The molecule has 0 saturated heterocycles. The molecule has 0 fully saturated rings. The zero-order chi connectivity index (χ0) is 22.0. The van der Waals surface area contributed by atoms with E-state index in [9.17, 15) is 13.6 Å². The van der Waals surface area contributed by atoms with Gasteiger partial charge in [0, 0.05) is 40.1 Å². The summed E-state index contributed by atoms with van der Waals surface area (Å²) in [7, 11) is 2.93. The van der Waals surface area contributed by atoms with Crippen LogP contribution in [0.25, 0.3) is 10.9 Å². The smallest absolute Gasteiger partial charge is 0.339 e. The molecular formula is C24H19F2NO3S. The lowest BCUT2D eigenvalue weighted by molar-refractivity contribution is 0.0597. The molecule has 1 aromatic heterocycles. The normalized spacial score (nSPS) is 11.0. The third-order valence-corrected chi connectivity index (χ3v) is 5.96. The van der Waals surface area contributed by atoms with E-state index in [1.807, 2.05) is 41.1 Å². The lowest BCUT2D eigenvalue weighted by atomic mass is 10.2. The summed E-state index contributed by atoms with van der Waals surface area (Å²) in [4.78, 5) is 13.8. The molecule has 0 spiro atoms. The lowest BCUT2D eigenvalue weighted by Gasteiger charge is -2.07. The zero-order valence-electron chi connectivity index (χ0n) is 16.9. The summed E-state index contributed by atoms with van der Waals surface area (Å²) >= 11 is 1.43. The van der Waals surface area contributed by atoms with Crippen LogP contribution in [0, 0.1) is 11.6 Å². The van der Waals surface area contributed by atoms with Crippen LogP contribution in [-0.2, 0) is 11.3 Å². The molecule has 0 unspecified atom stereocenters. The maximum absolute atomic E-state index is 13.7. The van der Waals surface area contributed by atoms with Crippen LogP contribution in [0.2, 0.25) is 0 Å². The number of hydrogen-bond donors (Lipinski definition) is 0. The highest BCUT2D eigenvalue weighted by Gasteiger charge is 2.16. The molecule has 4 aromatic rings. The van der Waals surface area contributed by atoms with Gasteiger partial charge in [0.1, 0.15) is 17.4 Å². The van der Waals surface area contributed by atoms with Crippen molar-refractivity contribution in [1.29, 1.82) is 0 Å². The fourth-order valence-electron chi connectivity index (χ4n) is 3.43. The molecule has 0 aliphatic carbocycles. The molecular weight excluding hydrogens is 420 g/mol. The molecule has 158 valence electrons. The van der Waals surface area contributed by atoms with Gasteiger partial charge in [0.25, 0.3) is 0 Å². The van der Waals surface area contributed by atoms with Gasteiger partial charge in [-0.15, -0.1) is 0 Å². The number of benzene rings is 3. The van der Waals surface area contributed by atoms with Gasteiger partial charge >= 0.3 is 5.97 Å². The van der Waals surface area contributed by atoms with Crippen LogP contribution in [0.1, 0.15) is 15.9 Å². The van der Waals surface area contributed by atoms with Crippen molar-refractivity contribution in [3.63, 3.8) is 0 Å². The summed E-state index contributed by atoms with van der Waals surface area (Å²) in [6, 6.07) is 16.3. The van der Waals surface area contributed by atoms with E-state index in [0.717, 1.165) is 26.8 Å². The summed E-state index contributed by atoms with van der Waals surface area (Å²) in [5.74, 6) is -0.983. The molecule has 3 aromatic carbocycles. The first-order chi connectivity index (χ1) is 15.0. The number of methoxy groups -OCH3 is 2. The number of carbonyl (C=O) groups is 1. The minimum absolute atomic E-state index is 0.275. The molecule has 7 heteroatoms. The van der Waals surface area contributed by atoms with Crippen molar-refractivity contribution in [1.82, 2.24) is 4.57 Å². The maximum Gasteiger partial charge on any atom is 0.339 e. The van der Waals surface area contributed by atoms with Crippen molar-refractivity contribution in [3.05, 3.63) is 89.6 Å². The summed E-state index contributed by atoms with van der Waals surface area (Å²) < 4.78 is 39.5. The summed E-state index contributed by atoms with van der Waals surface area (Å²) in [5, 5.41) is 0.933. The van der Waals surface area contributed by atoms with Crippen LogP contribution in [0.4, 0.5) is 8.78 Å². The van der Waals surface area contributed by atoms with Crippen molar-refractivity contribution >= 4 is 28.6 Å². The van der Waals surface area contributed by atoms with Crippen LogP contribution >= 0.6 is 11.8 Å². The van der Waals surface area contributed by atoms with E-state index in [4.69, 9.17) is 9.47 Å². The molecule has 4 nitrogen and oxygen atoms in total. The molecule has 0 radical (unpaired) electrons. The predicted octanol–water partition coefficient (Wildman–Crippen LogP) is 5.91. The Morgan fingerprint density at radius 3 is 2.42 bits per heavy atom. The first-order valence-electron chi connectivity index (χ1n) is 9.45. The molecule has 0 aliphatic heterocycles. The SMILES string of the molecule is COC(=O)c1ccccc1Sc1cn(Cc2cc(F)cc(F)c2)c2cc(OC)ccc12. The van der Waals surface area contributed by atoms with Crippen molar-refractivity contribution in [2.75, 3.05) is 14.2 Å². The highest BCUT2D eigenvalue weighted by molar-refractivity contribution is 7.99. The number of nitrogens with zero attached hydrogens (tertiary/aromatic N) is 1. The average Bonchev–Trinajstić information content (AvgIpc) is 3.09. The maximum atomic E-state index is 13.7. The van der Waals surface area contributed by atoms with Crippen LogP contribution in [0.5, 0.6) is 5.75 Å². The van der Waals surface area contributed by atoms with Gasteiger partial charge in [0.2, 0.25) is 0 Å². The van der Waals surface area contributed by atoms with Gasteiger partial charge in [0.15, 0.2) is 0 Å². The fourth-order valence-corrected chi connectivity index (χ4v) is 4.54. The first-order valence-corrected chi connectivity index (χ1v) is 10.3. The minimum Gasteiger partial charge on any atom is -0.497 e. The Balaban J connectivity index is 1.79. The van der Waals surface area contributed by atoms with E-state index in [-0.39, 0.29) is 6.54 Å². The van der Waals surface area contributed by atoms with E-state index < -0.39 is 17.6 Å². The monoisotopic (exact) mass is 439 g/mol. The number of ether oxygens (including phenoxy) is 2. The second kappa shape index (κ2) is 8.81. The van der Waals surface area contributed by atoms with Gasteiger partial charge < -0.3 is 14.0 Å². The summed E-state index contributed by atoms with van der Waals surface area (Å²) in [6.07, 6.45) is 1.91. The van der Waals surface area contributed by atoms with Crippen molar-refractivity contribution in [3.8, 4) is 5.75 Å². The molecule has 1 heterocycles. The Morgan fingerprint density at radius 2 is 1.71 bits per heavy atom. The molecule has 0 atom stereocenters. The summed E-state index contributed by atoms with van der Waals surface area (Å²) in [6.45, 7) is 0.275. The highest BCUT2D eigenvalue weighted by atomic mass is 32.2. The predicted molar refractivity (Wildman–Crippen MR) is 116 cm³/mol. The van der Waals surface area contributed by atoms with E-state index in [1.54, 1.807) is 19.2 Å². The van der Waals surface area contributed by atoms with E-state index in [1.165, 1.54) is 31.0 Å². The van der Waals surface area contributed by atoms with Crippen LogP contribution in [-0.4, -0.2) is 24.8 Å². The minimum atomic E-state index is -0.620. The fraction of sp³-hybridized carbons (Fsp3) is 0.125. The van der Waals surface area contributed by atoms with Crippen molar-refractivity contribution in [2.45, 2.75) is 16.3 Å². The van der Waals surface area contributed by atoms with Gasteiger partial charge in [0.05, 0.1) is 25.3 Å². The summed E-state index contributed by atoms with van der Waals surface area (Å²) in [5.41, 5.74) is 1.82. The molecule has 31 heavy (non-hydrogen) atoms. The quantitative estimate of drug-likeness (QED) is 0.350. The van der Waals surface area contributed by atoms with Crippen LogP contribution in [0.3, 0.4) is 0 Å². The van der Waals surface area contributed by atoms with Crippen LogP contribution in [0.15, 0.2) is 76.7 Å². The second-order valence-electron chi connectivity index (χ2n) is 6.87. The Hall–Kier alpha value is -3.32. The largest absolute Gasteiger partial charge is 0.497 e. The third-order valence-electron chi connectivity index (χ3n) is 4.84. The van der Waals surface area contributed by atoms with E-state index in [0.29, 0.717) is 16.9 Å². The number of aromatic nitrogens is 1. The molecule has 0 amide bonds. The molecule has 0 N–H and O–H groups in total. The van der Waals surface area contributed by atoms with E-state index >= 15 is 0 Å². The molecule has 4 rings (SSSR count). The Labute approximate surface area is 182 Å². The second-order valence-corrected chi connectivity index (χ2v) is 7.96. The topological polar surface area (TPSA) is 40.5 Å². The Morgan fingerprint density at radius 1 is 0.968 bits per heavy atom. The first kappa shape index (κ1) is 20.9. The molecule has 0 saturated carbocycles. The zero-order valence-corrected chi connectivity index (χ0v) is 17.7. The number of esters is 1. The highest BCUT2D eigenvalue weighted by Crippen LogP contribution is 2.38. The van der Waals surface area contributed by atoms with Gasteiger partial charge in [-0.1, -0.05) is 23.9 Å². The van der Waals surface area contributed by atoms with Crippen LogP contribution < -0.4 is 4.74 Å². The van der Waals surface area contributed by atoms with Crippen molar-refractivity contribution in [2.24, 2.45) is 0 Å². The van der Waals surface area contributed by atoms with Gasteiger partial charge in [-0.3, -0.25) is 0 Å². The number of carbonyl (C=O) groups excluding carboxylic acids is 1. The number of halogens is 2. The lowest BCUT2D eigenvalue weighted by Crippen LogP contribution is -2.02. The standard InChI is InChI=1S/C24H19F2NO3S/c1-29-18-7-8-19-21(12-18)27(13-15-9-16(25)11-17(26)10-15)14-23(19)31-22-6-4-3-5-20(22)24(28)30-2/h3-12,14H,13H2,1-2H3. The molecule has 0 aliphatic rings. The van der Waals surface area contributed by atoms with Gasteiger partial charge in [-0.2, -0.15) is 0 Å². The van der Waals surface area contributed by atoms with E-state index in [2.05, 4.69) is 0 Å². The number of fused-ring (bicyclic) bond motifs is 1. The van der Waals surface area contributed by atoms with Gasteiger partial charge in [-0.25, -0.2) is 13.6 Å². The Bertz CT molecular complexity index is 1250. The number of hydrogen-bond acceptors (Lipinski definition) is 4. The average molecular weight is 439 g/mol. The van der Waals surface area contributed by atoms with Gasteiger partial charge in [-0.05, 0) is 42.0 Å². The Kier molecular flexibility index (Phi) is 5.95. The number of rotatable bonds is 6. The van der Waals surface area contributed by atoms with Crippen molar-refractivity contribution < 1.29 is 23.0 Å². The molecule has 0 bridgehead atoms.